The lowest BCUT2D eigenvalue weighted by molar-refractivity contribution is -0.157. The van der Waals surface area contributed by atoms with Crippen LogP contribution in [0.4, 0.5) is 0 Å². The topological polar surface area (TPSA) is 20.2 Å². The Balaban J connectivity index is 1.97. The first kappa shape index (κ1) is 13.1. The van der Waals surface area contributed by atoms with E-state index < -0.39 is 0 Å². The molecule has 0 aliphatic heterocycles. The van der Waals surface area contributed by atoms with E-state index in [1.165, 1.54) is 25.7 Å². The van der Waals surface area contributed by atoms with Gasteiger partial charge in [0, 0.05) is 0 Å². The van der Waals surface area contributed by atoms with Crippen LogP contribution in [0.25, 0.3) is 0 Å². The molecule has 0 aromatic rings. The highest BCUT2D eigenvalue weighted by Gasteiger charge is 2.59. The van der Waals surface area contributed by atoms with Gasteiger partial charge < -0.3 is 5.11 Å². The molecular weight excluding hydrogens is 208 g/mol. The molecule has 2 bridgehead atoms. The maximum Gasteiger partial charge on any atom is 0.0639 e. The Morgan fingerprint density at radius 3 is 2.59 bits per heavy atom. The zero-order valence-corrected chi connectivity index (χ0v) is 11.9. The fraction of sp³-hybridized carbons (Fsp3) is 0.875. The van der Waals surface area contributed by atoms with Crippen LogP contribution in [0.5, 0.6) is 0 Å². The predicted octanol–water partition coefficient (Wildman–Crippen LogP) is 4.17. The van der Waals surface area contributed by atoms with Crippen LogP contribution in [-0.2, 0) is 0 Å². The average molecular weight is 236 g/mol. The minimum atomic E-state index is 0.217. The van der Waals surface area contributed by atoms with Crippen molar-refractivity contribution in [3.63, 3.8) is 0 Å². The first-order chi connectivity index (χ1) is 7.90. The summed E-state index contributed by atoms with van der Waals surface area (Å²) in [7, 11) is 0. The molecule has 3 fully saturated rings. The van der Waals surface area contributed by atoms with E-state index in [9.17, 15) is 0 Å². The first-order valence-electron chi connectivity index (χ1n) is 7.16. The summed E-state index contributed by atoms with van der Waals surface area (Å²) in [4.78, 5) is 0. The van der Waals surface area contributed by atoms with E-state index in [0.29, 0.717) is 10.8 Å². The Bertz CT molecular complexity index is 313. The Kier molecular flexibility index (Phi) is 3.42. The summed E-state index contributed by atoms with van der Waals surface area (Å²) in [6.07, 6.45) is 9.00. The molecule has 3 aliphatic carbocycles. The molecule has 0 aromatic heterocycles. The minimum Gasteiger partial charge on any atom is -0.392 e. The quantitative estimate of drug-likeness (QED) is 0.726. The summed E-state index contributed by atoms with van der Waals surface area (Å²) in [6.45, 7) is 9.66. The molecule has 0 aromatic carbocycles. The highest BCUT2D eigenvalue weighted by atomic mass is 16.3. The summed E-state index contributed by atoms with van der Waals surface area (Å²) in [5.74, 6) is 1.90. The molecule has 0 radical (unpaired) electrons. The highest BCUT2D eigenvalue weighted by Crippen LogP contribution is 2.67. The maximum absolute atomic E-state index is 9.01. The van der Waals surface area contributed by atoms with Crippen molar-refractivity contribution in [1.82, 2.24) is 0 Å². The van der Waals surface area contributed by atoms with Crippen molar-refractivity contribution in [1.29, 1.82) is 0 Å². The number of aliphatic hydroxyl groups excluding tert-OH is 1. The molecule has 98 valence electrons. The highest BCUT2D eigenvalue weighted by molar-refractivity contribution is 5.09. The molecule has 1 heteroatoms. The summed E-state index contributed by atoms with van der Waals surface area (Å²) in [6, 6.07) is 0. The van der Waals surface area contributed by atoms with Gasteiger partial charge in [-0.3, -0.25) is 0 Å². The number of hydrogen-bond acceptors (Lipinski definition) is 1. The van der Waals surface area contributed by atoms with Gasteiger partial charge in [0.15, 0.2) is 0 Å². The summed E-state index contributed by atoms with van der Waals surface area (Å²) in [5.41, 5.74) is 2.25. The van der Waals surface area contributed by atoms with Crippen molar-refractivity contribution < 1.29 is 5.11 Å². The van der Waals surface area contributed by atoms with Gasteiger partial charge in [0.05, 0.1) is 6.61 Å². The van der Waals surface area contributed by atoms with Crippen molar-refractivity contribution in [2.24, 2.45) is 22.7 Å². The molecule has 0 spiro atoms. The van der Waals surface area contributed by atoms with Crippen molar-refractivity contribution in [3.05, 3.63) is 11.6 Å². The van der Waals surface area contributed by atoms with Gasteiger partial charge in [-0.1, -0.05) is 32.4 Å². The Hall–Kier alpha value is -0.300. The summed E-state index contributed by atoms with van der Waals surface area (Å²) >= 11 is 0. The van der Waals surface area contributed by atoms with Crippen LogP contribution >= 0.6 is 0 Å². The van der Waals surface area contributed by atoms with Crippen molar-refractivity contribution in [2.75, 3.05) is 6.61 Å². The van der Waals surface area contributed by atoms with E-state index >= 15 is 0 Å². The minimum absolute atomic E-state index is 0.217. The second kappa shape index (κ2) is 4.42. The summed E-state index contributed by atoms with van der Waals surface area (Å²) < 4.78 is 0. The third-order valence-corrected chi connectivity index (χ3v) is 5.75. The molecule has 1 nitrogen and oxygen atoms in total. The van der Waals surface area contributed by atoms with Crippen molar-refractivity contribution in [3.8, 4) is 0 Å². The molecular formula is C16H28O. The molecule has 3 atom stereocenters. The molecule has 3 saturated carbocycles. The van der Waals surface area contributed by atoms with Gasteiger partial charge in [0.25, 0.3) is 0 Å². The van der Waals surface area contributed by atoms with Crippen molar-refractivity contribution >= 4 is 0 Å². The molecule has 3 rings (SSSR count). The number of rotatable bonds is 4. The molecule has 3 unspecified atom stereocenters. The van der Waals surface area contributed by atoms with Crippen molar-refractivity contribution in [2.45, 2.75) is 59.8 Å². The van der Waals surface area contributed by atoms with Gasteiger partial charge in [0.1, 0.15) is 0 Å². The van der Waals surface area contributed by atoms with Gasteiger partial charge in [0.2, 0.25) is 0 Å². The average Bonchev–Trinajstić information content (AvgIpc) is 2.26. The Morgan fingerprint density at radius 1 is 1.35 bits per heavy atom. The number of aliphatic hydroxyl groups is 1. The lowest BCUT2D eigenvalue weighted by Crippen LogP contribution is -2.57. The molecule has 0 heterocycles. The van der Waals surface area contributed by atoms with Crippen LogP contribution in [0, 0.1) is 22.7 Å². The van der Waals surface area contributed by atoms with Crippen LogP contribution in [0.1, 0.15) is 59.8 Å². The Labute approximate surface area is 106 Å². The molecule has 0 saturated heterocycles. The van der Waals surface area contributed by atoms with Gasteiger partial charge in [-0.05, 0) is 61.7 Å². The van der Waals surface area contributed by atoms with Gasteiger partial charge in [-0.25, -0.2) is 0 Å². The number of fused-ring (bicyclic) bond motifs is 2. The van der Waals surface area contributed by atoms with Crippen LogP contribution in [0.15, 0.2) is 11.6 Å². The SMILES string of the molecule is C/C(=C\CCC1(C)C2CCC(C)(C)C1C2)CO. The number of hydrogen-bond donors (Lipinski definition) is 1. The van der Waals surface area contributed by atoms with Crippen LogP contribution in [0.3, 0.4) is 0 Å². The largest absolute Gasteiger partial charge is 0.392 e. The Morgan fingerprint density at radius 2 is 2.06 bits per heavy atom. The lowest BCUT2D eigenvalue weighted by Gasteiger charge is -2.65. The zero-order chi connectivity index (χ0) is 12.7. The third kappa shape index (κ3) is 2.19. The standard InChI is InChI=1S/C16H28O/c1-12(11-17)6-5-8-16(4)13-7-9-15(2,3)14(16)10-13/h6,13-14,17H,5,7-11H2,1-4H3/b12-6+. The molecule has 0 amide bonds. The van der Waals surface area contributed by atoms with Crippen LogP contribution in [0.2, 0.25) is 0 Å². The van der Waals surface area contributed by atoms with Gasteiger partial charge in [-0.2, -0.15) is 0 Å². The second-order valence-corrected chi connectivity index (χ2v) is 7.27. The van der Waals surface area contributed by atoms with E-state index in [-0.39, 0.29) is 6.61 Å². The van der Waals surface area contributed by atoms with Gasteiger partial charge in [-0.15, -0.1) is 0 Å². The van der Waals surface area contributed by atoms with E-state index in [0.717, 1.165) is 23.8 Å². The number of allylic oxidation sites excluding steroid dienone is 1. The molecule has 17 heavy (non-hydrogen) atoms. The first-order valence-corrected chi connectivity index (χ1v) is 7.16. The van der Waals surface area contributed by atoms with E-state index in [4.69, 9.17) is 5.11 Å². The van der Waals surface area contributed by atoms with Gasteiger partial charge >= 0.3 is 0 Å². The van der Waals surface area contributed by atoms with Crippen LogP contribution in [-0.4, -0.2) is 11.7 Å². The smallest absolute Gasteiger partial charge is 0.0639 e. The van der Waals surface area contributed by atoms with E-state index in [2.05, 4.69) is 26.8 Å². The fourth-order valence-electron chi connectivity index (χ4n) is 4.40. The third-order valence-electron chi connectivity index (χ3n) is 5.75. The van der Waals surface area contributed by atoms with E-state index in [1.54, 1.807) is 0 Å². The monoisotopic (exact) mass is 236 g/mol. The summed E-state index contributed by atoms with van der Waals surface area (Å²) in [5, 5.41) is 9.01. The second-order valence-electron chi connectivity index (χ2n) is 7.27. The lowest BCUT2D eigenvalue weighted by atomic mass is 9.40. The zero-order valence-electron chi connectivity index (χ0n) is 11.9. The molecule has 3 aliphatic rings. The maximum atomic E-state index is 9.01. The fourth-order valence-corrected chi connectivity index (χ4v) is 4.40. The van der Waals surface area contributed by atoms with E-state index in [1.807, 2.05) is 6.92 Å². The normalized spacial score (nSPS) is 39.9. The molecule has 1 N–H and O–H groups in total. The predicted molar refractivity (Wildman–Crippen MR) is 72.8 cm³/mol. The van der Waals surface area contributed by atoms with Crippen LogP contribution < -0.4 is 0 Å².